The number of carbonyl (C=O) groups is 3. The molecular formula is C22H27N3O6. The summed E-state index contributed by atoms with van der Waals surface area (Å²) in [6.45, 7) is 2.15. The van der Waals surface area contributed by atoms with Crippen LogP contribution in [-0.2, 0) is 9.59 Å². The Hall–Kier alpha value is -3.07. The first-order valence-electron chi connectivity index (χ1n) is 10.6. The van der Waals surface area contributed by atoms with Gasteiger partial charge in [0, 0.05) is 5.92 Å². The van der Waals surface area contributed by atoms with Gasteiger partial charge < -0.3 is 30.5 Å². The highest BCUT2D eigenvalue weighted by Crippen LogP contribution is 2.52. The Morgan fingerprint density at radius 2 is 2.00 bits per heavy atom. The molecule has 0 radical (unpaired) electrons. The average Bonchev–Trinajstić information content (AvgIpc) is 3.03. The molecule has 1 aromatic carbocycles. The van der Waals surface area contributed by atoms with Gasteiger partial charge in [-0.15, -0.1) is 0 Å². The van der Waals surface area contributed by atoms with E-state index in [1.54, 1.807) is 6.92 Å². The monoisotopic (exact) mass is 429 g/mol. The zero-order chi connectivity index (χ0) is 22.1. The number of fused-ring (bicyclic) bond motifs is 3. The smallest absolute Gasteiger partial charge is 0.352 e. The number of carboxylic acid groups (broad SMARTS) is 1. The van der Waals surface area contributed by atoms with Crippen molar-refractivity contribution in [3.05, 3.63) is 41.6 Å². The topological polar surface area (TPSA) is 128 Å². The Morgan fingerprint density at radius 1 is 1.26 bits per heavy atom. The third-order valence-electron chi connectivity index (χ3n) is 6.33. The van der Waals surface area contributed by atoms with Crippen molar-refractivity contribution in [3.63, 3.8) is 0 Å². The van der Waals surface area contributed by atoms with E-state index in [9.17, 15) is 24.6 Å². The predicted octanol–water partition coefficient (Wildman–Crippen LogP) is 1.09. The molecule has 9 heteroatoms. The Morgan fingerprint density at radius 3 is 2.68 bits per heavy atom. The molecule has 31 heavy (non-hydrogen) atoms. The van der Waals surface area contributed by atoms with Crippen LogP contribution in [0.15, 0.2) is 41.6 Å². The van der Waals surface area contributed by atoms with Gasteiger partial charge >= 0.3 is 12.0 Å². The molecule has 1 unspecified atom stereocenters. The Labute approximate surface area is 180 Å². The lowest BCUT2D eigenvalue weighted by atomic mass is 9.71. The van der Waals surface area contributed by atoms with Crippen molar-refractivity contribution in [2.24, 2.45) is 11.8 Å². The first-order chi connectivity index (χ1) is 14.9. The Kier molecular flexibility index (Phi) is 5.86. The number of urea groups is 1. The van der Waals surface area contributed by atoms with E-state index in [2.05, 4.69) is 10.6 Å². The molecule has 2 aliphatic heterocycles. The molecule has 2 fully saturated rings. The number of nitrogens with zero attached hydrogens (tertiary/aromatic N) is 1. The summed E-state index contributed by atoms with van der Waals surface area (Å²) < 4.78 is 5.55. The Balaban J connectivity index is 1.40. The van der Waals surface area contributed by atoms with Gasteiger partial charge in [0.05, 0.1) is 30.7 Å². The molecule has 0 bridgehead atoms. The summed E-state index contributed by atoms with van der Waals surface area (Å²) >= 11 is 0. The second-order valence-corrected chi connectivity index (χ2v) is 8.23. The molecule has 3 amide bonds. The maximum absolute atomic E-state index is 12.5. The second-order valence-electron chi connectivity index (χ2n) is 8.23. The molecule has 1 aliphatic carbocycles. The number of hydrogen-bond donors (Lipinski definition) is 4. The summed E-state index contributed by atoms with van der Waals surface area (Å²) in [6.07, 6.45) is 1.29. The standard InChI is InChI=1S/C22H27N3O6/c1-12(26)16-18-14-8-5-9-15(17(14)19(21(28)29)25(18)20(16)27)24-22(30)23-10-11-31-13-6-3-2-4-7-13/h2-4,6-7,12,14-16,18,26H,5,8-11H2,1H3,(H,28,29)(H2,23,24,30)/t12?,14-,15-,16+,18+/m0/s1. The van der Waals surface area contributed by atoms with Crippen LogP contribution in [0.1, 0.15) is 26.2 Å². The molecule has 0 spiro atoms. The minimum absolute atomic E-state index is 0.0330. The number of aliphatic hydroxyl groups is 1. The van der Waals surface area contributed by atoms with Gasteiger partial charge in [-0.1, -0.05) is 24.6 Å². The molecule has 1 aromatic rings. The molecule has 5 atom stereocenters. The van der Waals surface area contributed by atoms with E-state index >= 15 is 0 Å². The highest BCUT2D eigenvalue weighted by Gasteiger charge is 2.62. The van der Waals surface area contributed by atoms with Crippen LogP contribution in [0.3, 0.4) is 0 Å². The van der Waals surface area contributed by atoms with Gasteiger partial charge in [0.25, 0.3) is 0 Å². The van der Waals surface area contributed by atoms with E-state index in [0.717, 1.165) is 12.8 Å². The molecule has 4 rings (SSSR count). The number of rotatable bonds is 7. The SMILES string of the molecule is CC(O)[C@H]1C(=O)N2C(C(=O)O)=C3[C@@H](NC(=O)NCCOc4ccccc4)CCC[C@@H]3[C@H]12. The Bertz CT molecular complexity index is 900. The molecule has 1 saturated heterocycles. The summed E-state index contributed by atoms with van der Waals surface area (Å²) in [7, 11) is 0. The van der Waals surface area contributed by atoms with Crippen molar-refractivity contribution >= 4 is 17.9 Å². The molecular weight excluding hydrogens is 402 g/mol. The summed E-state index contributed by atoms with van der Waals surface area (Å²) in [4.78, 5) is 38.3. The van der Waals surface area contributed by atoms with Gasteiger partial charge in [-0.05, 0) is 37.5 Å². The average molecular weight is 429 g/mol. The minimum Gasteiger partial charge on any atom is -0.492 e. The van der Waals surface area contributed by atoms with E-state index in [1.165, 1.54) is 4.90 Å². The molecule has 2 heterocycles. The van der Waals surface area contributed by atoms with Crippen LogP contribution in [0.4, 0.5) is 4.79 Å². The first-order valence-corrected chi connectivity index (χ1v) is 10.6. The fourth-order valence-electron chi connectivity index (χ4n) is 5.09. The highest BCUT2D eigenvalue weighted by atomic mass is 16.5. The third kappa shape index (κ3) is 3.85. The first kappa shape index (κ1) is 21.2. The van der Waals surface area contributed by atoms with E-state index in [-0.39, 0.29) is 23.6 Å². The number of amides is 3. The number of nitrogens with one attached hydrogen (secondary N) is 2. The van der Waals surface area contributed by atoms with Crippen molar-refractivity contribution in [1.29, 1.82) is 0 Å². The van der Waals surface area contributed by atoms with Gasteiger partial charge in [-0.2, -0.15) is 0 Å². The number of hydrogen-bond acceptors (Lipinski definition) is 5. The van der Waals surface area contributed by atoms with Gasteiger partial charge in [0.2, 0.25) is 5.91 Å². The number of aliphatic carboxylic acids is 1. The number of carbonyl (C=O) groups excluding carboxylic acids is 2. The fourth-order valence-corrected chi connectivity index (χ4v) is 5.09. The minimum atomic E-state index is -1.18. The summed E-state index contributed by atoms with van der Waals surface area (Å²) in [6, 6.07) is 8.04. The molecule has 4 N–H and O–H groups in total. The van der Waals surface area contributed by atoms with Crippen molar-refractivity contribution in [2.75, 3.05) is 13.2 Å². The summed E-state index contributed by atoms with van der Waals surface area (Å²) in [5, 5.41) is 25.4. The van der Waals surface area contributed by atoms with Gasteiger partial charge in [-0.25, -0.2) is 9.59 Å². The van der Waals surface area contributed by atoms with Crippen molar-refractivity contribution in [2.45, 2.75) is 44.4 Å². The third-order valence-corrected chi connectivity index (χ3v) is 6.33. The molecule has 3 aliphatic rings. The van der Waals surface area contributed by atoms with E-state index in [1.807, 2.05) is 30.3 Å². The lowest BCUT2D eigenvalue weighted by Crippen LogP contribution is -2.64. The quantitative estimate of drug-likeness (QED) is 0.380. The number of carboxylic acids is 1. The summed E-state index contributed by atoms with van der Waals surface area (Å²) in [5.41, 5.74) is 0.560. The van der Waals surface area contributed by atoms with Crippen molar-refractivity contribution < 1.29 is 29.3 Å². The van der Waals surface area contributed by atoms with Crippen LogP contribution in [0.2, 0.25) is 0 Å². The highest BCUT2D eigenvalue weighted by molar-refractivity contribution is 6.00. The molecule has 1 saturated carbocycles. The van der Waals surface area contributed by atoms with E-state index in [0.29, 0.717) is 30.9 Å². The van der Waals surface area contributed by atoms with Crippen LogP contribution in [0.25, 0.3) is 0 Å². The fraction of sp³-hybridized carbons (Fsp3) is 0.500. The number of para-hydroxylation sites is 1. The van der Waals surface area contributed by atoms with Crippen molar-refractivity contribution in [1.82, 2.24) is 15.5 Å². The summed E-state index contributed by atoms with van der Waals surface area (Å²) in [5.74, 6) is -1.59. The van der Waals surface area contributed by atoms with Gasteiger partial charge in [0.1, 0.15) is 18.1 Å². The van der Waals surface area contributed by atoms with Crippen LogP contribution in [-0.4, -0.2) is 64.4 Å². The lowest BCUT2D eigenvalue weighted by Gasteiger charge is -2.47. The largest absolute Gasteiger partial charge is 0.492 e. The maximum atomic E-state index is 12.5. The van der Waals surface area contributed by atoms with Crippen LogP contribution < -0.4 is 15.4 Å². The van der Waals surface area contributed by atoms with Gasteiger partial charge in [-0.3, -0.25) is 4.79 Å². The van der Waals surface area contributed by atoms with Crippen LogP contribution in [0, 0.1) is 11.8 Å². The zero-order valence-corrected chi connectivity index (χ0v) is 17.3. The number of ether oxygens (including phenoxy) is 1. The predicted molar refractivity (Wildman–Crippen MR) is 110 cm³/mol. The number of benzene rings is 1. The van der Waals surface area contributed by atoms with E-state index in [4.69, 9.17) is 4.74 Å². The normalized spacial score (nSPS) is 27.7. The molecule has 9 nitrogen and oxygen atoms in total. The number of β-lactam (4-membered cyclic amide) rings is 1. The maximum Gasteiger partial charge on any atom is 0.352 e. The number of aliphatic hydroxyl groups excluding tert-OH is 1. The molecule has 0 aromatic heterocycles. The second kappa shape index (κ2) is 8.58. The lowest BCUT2D eigenvalue weighted by molar-refractivity contribution is -0.163. The van der Waals surface area contributed by atoms with E-state index < -0.39 is 30.1 Å². The van der Waals surface area contributed by atoms with Crippen LogP contribution >= 0.6 is 0 Å². The van der Waals surface area contributed by atoms with Crippen molar-refractivity contribution in [3.8, 4) is 5.75 Å². The van der Waals surface area contributed by atoms with Crippen LogP contribution in [0.5, 0.6) is 5.75 Å². The zero-order valence-electron chi connectivity index (χ0n) is 17.3. The molecule has 166 valence electrons. The van der Waals surface area contributed by atoms with Gasteiger partial charge in [0.15, 0.2) is 0 Å².